The lowest BCUT2D eigenvalue weighted by Crippen LogP contribution is -2.28. The summed E-state index contributed by atoms with van der Waals surface area (Å²) in [6.07, 6.45) is 2.24. The molecule has 2 aromatic heterocycles. The van der Waals surface area contributed by atoms with E-state index >= 15 is 0 Å². The molecule has 1 aliphatic heterocycles. The van der Waals surface area contributed by atoms with E-state index in [0.29, 0.717) is 17.9 Å². The summed E-state index contributed by atoms with van der Waals surface area (Å²) in [7, 11) is 0. The van der Waals surface area contributed by atoms with Gasteiger partial charge in [-0.05, 0) is 55.3 Å². The van der Waals surface area contributed by atoms with E-state index < -0.39 is 17.6 Å². The van der Waals surface area contributed by atoms with E-state index in [-0.39, 0.29) is 30.5 Å². The smallest absolute Gasteiger partial charge is 0.416 e. The van der Waals surface area contributed by atoms with Gasteiger partial charge in [0.2, 0.25) is 5.91 Å². The topological polar surface area (TPSA) is 88.2 Å². The van der Waals surface area contributed by atoms with Crippen molar-refractivity contribution in [3.63, 3.8) is 0 Å². The minimum atomic E-state index is -4.57. The molecule has 0 saturated carbocycles. The molecular weight excluding hydrogens is 459 g/mol. The lowest BCUT2D eigenvalue weighted by atomic mass is 10.1. The van der Waals surface area contributed by atoms with Crippen LogP contribution in [-0.4, -0.2) is 35.1 Å². The number of aromatic nitrogens is 2. The maximum absolute atomic E-state index is 13.4. The number of halogens is 3. The summed E-state index contributed by atoms with van der Waals surface area (Å²) in [5, 5.41) is 9.00. The first-order chi connectivity index (χ1) is 16.9. The van der Waals surface area contributed by atoms with Crippen LogP contribution in [0.1, 0.15) is 29.5 Å². The molecule has 1 atom stereocenters. The molecule has 1 fully saturated rings. The number of hydrogen-bond donors (Lipinski definition) is 3. The first-order valence-electron chi connectivity index (χ1n) is 11.3. The van der Waals surface area contributed by atoms with E-state index in [1.54, 1.807) is 30.7 Å². The first-order valence-corrected chi connectivity index (χ1v) is 11.3. The molecule has 184 valence electrons. The number of alkyl halides is 3. The van der Waals surface area contributed by atoms with Gasteiger partial charge < -0.3 is 20.7 Å². The third kappa shape index (κ3) is 7.16. The Balaban J connectivity index is 1.44. The molecule has 1 aromatic carbocycles. The summed E-state index contributed by atoms with van der Waals surface area (Å²) in [6.45, 7) is 1.61. The molecule has 0 bridgehead atoms. The van der Waals surface area contributed by atoms with E-state index in [1.807, 2.05) is 12.1 Å². The second-order valence-corrected chi connectivity index (χ2v) is 8.29. The largest absolute Gasteiger partial charge is 0.492 e. The number of rotatable bonds is 9. The number of anilines is 2. The van der Waals surface area contributed by atoms with Crippen LogP contribution in [0.25, 0.3) is 0 Å². The van der Waals surface area contributed by atoms with Gasteiger partial charge in [0.1, 0.15) is 18.2 Å². The molecule has 3 heterocycles. The van der Waals surface area contributed by atoms with Gasteiger partial charge in [0.05, 0.1) is 12.0 Å². The summed E-state index contributed by atoms with van der Waals surface area (Å²) in [5.74, 6) is 0.120. The van der Waals surface area contributed by atoms with Crippen molar-refractivity contribution in [1.29, 1.82) is 0 Å². The fourth-order valence-corrected chi connectivity index (χ4v) is 3.82. The normalized spacial score (nSPS) is 15.6. The third-order valence-electron chi connectivity index (χ3n) is 5.58. The maximum Gasteiger partial charge on any atom is 0.416 e. The van der Waals surface area contributed by atoms with Crippen LogP contribution in [0.4, 0.5) is 24.7 Å². The molecule has 10 heteroatoms. The minimum Gasteiger partial charge on any atom is -0.492 e. The highest BCUT2D eigenvalue weighted by Crippen LogP contribution is 2.34. The monoisotopic (exact) mass is 485 g/mol. The van der Waals surface area contributed by atoms with Gasteiger partial charge in [0.25, 0.3) is 0 Å². The van der Waals surface area contributed by atoms with Gasteiger partial charge >= 0.3 is 6.18 Å². The molecule has 7 nitrogen and oxygen atoms in total. The Morgan fingerprint density at radius 3 is 2.71 bits per heavy atom. The van der Waals surface area contributed by atoms with E-state index in [1.165, 1.54) is 6.07 Å². The summed E-state index contributed by atoms with van der Waals surface area (Å²) >= 11 is 0. The predicted octanol–water partition coefficient (Wildman–Crippen LogP) is 4.42. The zero-order valence-electron chi connectivity index (χ0n) is 18.9. The number of benzene rings is 1. The second-order valence-electron chi connectivity index (χ2n) is 8.29. The zero-order valence-corrected chi connectivity index (χ0v) is 18.9. The van der Waals surface area contributed by atoms with Gasteiger partial charge in [0.15, 0.2) is 0 Å². The molecule has 4 rings (SSSR count). The van der Waals surface area contributed by atoms with Crippen LogP contribution in [0.2, 0.25) is 0 Å². The van der Waals surface area contributed by atoms with Crippen molar-refractivity contribution in [3.05, 3.63) is 77.7 Å². The average Bonchev–Trinajstić information content (AvgIpc) is 3.36. The van der Waals surface area contributed by atoms with Gasteiger partial charge in [-0.2, -0.15) is 13.2 Å². The molecule has 1 aliphatic rings. The van der Waals surface area contributed by atoms with Crippen molar-refractivity contribution in [2.24, 2.45) is 0 Å². The van der Waals surface area contributed by atoms with Crippen LogP contribution < -0.4 is 20.7 Å². The predicted molar refractivity (Wildman–Crippen MR) is 126 cm³/mol. The van der Waals surface area contributed by atoms with Crippen LogP contribution in [-0.2, 0) is 23.9 Å². The number of nitrogens with zero attached hydrogens (tertiary/aromatic N) is 2. The highest BCUT2D eigenvalue weighted by Gasteiger charge is 2.32. The Morgan fingerprint density at radius 1 is 1.14 bits per heavy atom. The molecule has 0 unspecified atom stereocenters. The van der Waals surface area contributed by atoms with E-state index in [9.17, 15) is 18.0 Å². The number of ether oxygens (including phenoxy) is 1. The van der Waals surface area contributed by atoms with Crippen molar-refractivity contribution < 1.29 is 22.7 Å². The molecule has 0 spiro atoms. The van der Waals surface area contributed by atoms with Gasteiger partial charge in [-0.25, -0.2) is 4.98 Å². The number of nitrogens with one attached hydrogen (secondary N) is 3. The van der Waals surface area contributed by atoms with E-state index in [2.05, 4.69) is 25.9 Å². The van der Waals surface area contributed by atoms with Gasteiger partial charge in [-0.1, -0.05) is 6.07 Å². The highest BCUT2D eigenvalue weighted by atomic mass is 19.4. The van der Waals surface area contributed by atoms with E-state index in [4.69, 9.17) is 4.74 Å². The maximum atomic E-state index is 13.4. The van der Waals surface area contributed by atoms with Crippen molar-refractivity contribution >= 4 is 17.4 Å². The minimum absolute atomic E-state index is 0.0226. The van der Waals surface area contributed by atoms with Gasteiger partial charge in [-0.3, -0.25) is 9.78 Å². The molecule has 35 heavy (non-hydrogen) atoms. The number of carbonyl (C=O) groups is 1. The number of carbonyl (C=O) groups excluding carboxylic acids is 1. The van der Waals surface area contributed by atoms with Crippen molar-refractivity contribution in [2.45, 2.75) is 38.0 Å². The molecule has 0 aliphatic carbocycles. The Morgan fingerprint density at radius 2 is 1.97 bits per heavy atom. The van der Waals surface area contributed by atoms with Crippen LogP contribution in [0, 0.1) is 0 Å². The SMILES string of the molecule is O=C(Cc1cccnc1NCc1ccncc1)Nc1cc(OC[C@@H]2CCCN2)cc(C(F)(F)F)c1. The summed E-state index contributed by atoms with van der Waals surface area (Å²) in [6, 6.07) is 10.5. The highest BCUT2D eigenvalue weighted by molar-refractivity contribution is 5.93. The van der Waals surface area contributed by atoms with Crippen LogP contribution in [0.15, 0.2) is 61.1 Å². The lowest BCUT2D eigenvalue weighted by molar-refractivity contribution is -0.137. The number of pyridine rings is 2. The molecule has 3 N–H and O–H groups in total. The van der Waals surface area contributed by atoms with Crippen LogP contribution >= 0.6 is 0 Å². The summed E-state index contributed by atoms with van der Waals surface area (Å²) < 4.78 is 46.0. The molecule has 3 aromatic rings. The fourth-order valence-electron chi connectivity index (χ4n) is 3.82. The molecule has 1 amide bonds. The fraction of sp³-hybridized carbons (Fsp3) is 0.320. The first kappa shape index (κ1) is 24.5. The summed E-state index contributed by atoms with van der Waals surface area (Å²) in [4.78, 5) is 21.0. The Hall–Kier alpha value is -3.66. The van der Waals surface area contributed by atoms with E-state index in [0.717, 1.165) is 37.1 Å². The molecule has 1 saturated heterocycles. The Kier molecular flexibility index (Phi) is 7.81. The second kappa shape index (κ2) is 11.2. The van der Waals surface area contributed by atoms with Gasteiger partial charge in [0, 0.05) is 48.5 Å². The van der Waals surface area contributed by atoms with Crippen molar-refractivity contribution in [3.8, 4) is 5.75 Å². The zero-order chi connectivity index (χ0) is 24.7. The molecular formula is C25H26F3N5O2. The third-order valence-corrected chi connectivity index (χ3v) is 5.58. The van der Waals surface area contributed by atoms with Crippen molar-refractivity contribution in [2.75, 3.05) is 23.8 Å². The standard InChI is InChI=1S/C25H26F3N5O2/c26-25(27,28)19-12-21(14-22(13-19)35-16-20-4-2-7-30-20)33-23(34)11-18-3-1-8-31-24(18)32-15-17-5-9-29-10-6-17/h1,3,5-6,8-10,12-14,20,30H,2,4,7,11,15-16H2,(H,31,32)(H,33,34)/t20-/m0/s1. The number of amides is 1. The number of hydrogen-bond acceptors (Lipinski definition) is 6. The Labute approximate surface area is 201 Å². The quantitative estimate of drug-likeness (QED) is 0.416. The van der Waals surface area contributed by atoms with Crippen LogP contribution in [0.3, 0.4) is 0 Å². The Bertz CT molecular complexity index is 1140. The van der Waals surface area contributed by atoms with Gasteiger partial charge in [-0.15, -0.1) is 0 Å². The van der Waals surface area contributed by atoms with Crippen molar-refractivity contribution in [1.82, 2.24) is 15.3 Å². The average molecular weight is 486 g/mol. The summed E-state index contributed by atoms with van der Waals surface area (Å²) in [5.41, 5.74) is 0.750. The lowest BCUT2D eigenvalue weighted by Gasteiger charge is -2.16. The molecule has 0 radical (unpaired) electrons. The van der Waals surface area contributed by atoms with Crippen LogP contribution in [0.5, 0.6) is 5.75 Å².